The second-order valence-corrected chi connectivity index (χ2v) is 4.60. The van der Waals surface area contributed by atoms with Crippen LogP contribution in [0, 0.1) is 6.92 Å². The van der Waals surface area contributed by atoms with Crippen LogP contribution in [-0.4, -0.2) is 10.2 Å². The van der Waals surface area contributed by atoms with Crippen molar-refractivity contribution in [1.82, 2.24) is 0 Å². The van der Waals surface area contributed by atoms with Crippen LogP contribution >= 0.6 is 11.8 Å². The van der Waals surface area contributed by atoms with Crippen LogP contribution in [0.15, 0.2) is 52.3 Å². The van der Waals surface area contributed by atoms with Crippen molar-refractivity contribution in [2.24, 2.45) is 0 Å². The minimum absolute atomic E-state index is 0.161. The molecule has 2 N–H and O–H groups in total. The molecule has 2 nitrogen and oxygen atoms in total. The van der Waals surface area contributed by atoms with Gasteiger partial charge in [-0.25, -0.2) is 0 Å². The number of phenolic OH excluding ortho intramolecular Hbond substituents is 2. The van der Waals surface area contributed by atoms with E-state index in [0.29, 0.717) is 4.90 Å². The van der Waals surface area contributed by atoms with Crippen LogP contribution in [-0.2, 0) is 0 Å². The monoisotopic (exact) mass is 232 g/mol. The highest BCUT2D eigenvalue weighted by atomic mass is 32.2. The molecule has 0 atom stereocenters. The number of benzene rings is 2. The molecule has 16 heavy (non-hydrogen) atoms. The molecule has 0 spiro atoms. The van der Waals surface area contributed by atoms with Gasteiger partial charge in [0.1, 0.15) is 11.5 Å². The fourth-order valence-electron chi connectivity index (χ4n) is 1.37. The molecule has 0 radical (unpaired) electrons. The third kappa shape index (κ3) is 2.31. The van der Waals surface area contributed by atoms with Gasteiger partial charge >= 0.3 is 0 Å². The maximum atomic E-state index is 9.66. The van der Waals surface area contributed by atoms with Crippen LogP contribution in [0.1, 0.15) is 5.56 Å². The van der Waals surface area contributed by atoms with Crippen LogP contribution in [0.2, 0.25) is 0 Å². The average Bonchev–Trinajstić information content (AvgIpc) is 2.27. The lowest BCUT2D eigenvalue weighted by Crippen LogP contribution is -1.79. The molecular weight excluding hydrogens is 220 g/mol. The predicted molar refractivity (Wildman–Crippen MR) is 65.1 cm³/mol. The van der Waals surface area contributed by atoms with Gasteiger partial charge in [-0.2, -0.15) is 0 Å². The van der Waals surface area contributed by atoms with E-state index in [1.807, 2.05) is 31.2 Å². The minimum Gasteiger partial charge on any atom is -0.508 e. The molecule has 0 aliphatic heterocycles. The van der Waals surface area contributed by atoms with Crippen molar-refractivity contribution in [3.63, 3.8) is 0 Å². The molecule has 2 aromatic carbocycles. The Labute approximate surface area is 98.6 Å². The standard InChI is InChI=1S/C13H12O2S/c1-9-4-2-3-5-12(9)16-13-8-10(14)6-7-11(13)15/h2-8,14-15H,1H3. The summed E-state index contributed by atoms with van der Waals surface area (Å²) in [6, 6.07) is 12.5. The number of phenols is 2. The Morgan fingerprint density at radius 2 is 1.69 bits per heavy atom. The van der Waals surface area contributed by atoms with Crippen LogP contribution < -0.4 is 0 Å². The number of hydrogen-bond donors (Lipinski definition) is 2. The van der Waals surface area contributed by atoms with E-state index in [2.05, 4.69) is 0 Å². The van der Waals surface area contributed by atoms with E-state index in [1.165, 1.54) is 23.9 Å². The summed E-state index contributed by atoms with van der Waals surface area (Å²) in [6.45, 7) is 2.02. The first kappa shape index (κ1) is 10.9. The Hall–Kier alpha value is -1.61. The summed E-state index contributed by atoms with van der Waals surface area (Å²) in [5, 5.41) is 19.0. The van der Waals surface area contributed by atoms with Gasteiger partial charge in [-0.1, -0.05) is 30.0 Å². The molecule has 0 bridgehead atoms. The summed E-state index contributed by atoms with van der Waals surface area (Å²) in [7, 11) is 0. The molecule has 0 saturated heterocycles. The number of aryl methyl sites for hydroxylation is 1. The summed E-state index contributed by atoms with van der Waals surface area (Å²) >= 11 is 1.44. The second kappa shape index (κ2) is 4.49. The van der Waals surface area contributed by atoms with Crippen LogP contribution in [0.3, 0.4) is 0 Å². The van der Waals surface area contributed by atoms with Gasteiger partial charge in [0, 0.05) is 4.90 Å². The van der Waals surface area contributed by atoms with Gasteiger partial charge in [0.2, 0.25) is 0 Å². The predicted octanol–water partition coefficient (Wildman–Crippen LogP) is 3.56. The number of aromatic hydroxyl groups is 2. The third-order valence-electron chi connectivity index (χ3n) is 2.26. The van der Waals surface area contributed by atoms with Crippen molar-refractivity contribution in [3.05, 3.63) is 48.0 Å². The molecule has 0 heterocycles. The van der Waals surface area contributed by atoms with Crippen LogP contribution in [0.25, 0.3) is 0 Å². The molecule has 0 unspecified atom stereocenters. The third-order valence-corrected chi connectivity index (χ3v) is 3.48. The first-order chi connectivity index (χ1) is 7.66. The van der Waals surface area contributed by atoms with Gasteiger partial charge in [-0.15, -0.1) is 0 Å². The molecule has 3 heteroatoms. The van der Waals surface area contributed by atoms with Gasteiger partial charge in [-0.3, -0.25) is 0 Å². The normalized spacial score (nSPS) is 10.3. The summed E-state index contributed by atoms with van der Waals surface area (Å²) in [4.78, 5) is 1.73. The summed E-state index contributed by atoms with van der Waals surface area (Å²) in [5.74, 6) is 0.347. The fraction of sp³-hybridized carbons (Fsp3) is 0.0769. The summed E-state index contributed by atoms with van der Waals surface area (Å²) in [6.07, 6.45) is 0. The molecule has 0 aliphatic rings. The van der Waals surface area contributed by atoms with E-state index in [9.17, 15) is 10.2 Å². The first-order valence-electron chi connectivity index (χ1n) is 4.92. The lowest BCUT2D eigenvalue weighted by Gasteiger charge is -2.07. The summed E-state index contributed by atoms with van der Waals surface area (Å²) in [5.41, 5.74) is 1.15. The zero-order valence-corrected chi connectivity index (χ0v) is 9.66. The molecule has 0 fully saturated rings. The first-order valence-corrected chi connectivity index (χ1v) is 5.74. The highest BCUT2D eigenvalue weighted by molar-refractivity contribution is 7.99. The van der Waals surface area contributed by atoms with Crippen molar-refractivity contribution >= 4 is 11.8 Å². The zero-order valence-electron chi connectivity index (χ0n) is 8.84. The SMILES string of the molecule is Cc1ccccc1Sc1cc(O)ccc1O. The smallest absolute Gasteiger partial charge is 0.129 e. The highest BCUT2D eigenvalue weighted by Gasteiger charge is 2.06. The quantitative estimate of drug-likeness (QED) is 0.778. The van der Waals surface area contributed by atoms with Gasteiger partial charge < -0.3 is 10.2 Å². The van der Waals surface area contributed by atoms with E-state index >= 15 is 0 Å². The van der Waals surface area contributed by atoms with E-state index < -0.39 is 0 Å². The fourth-order valence-corrected chi connectivity index (χ4v) is 2.34. The average molecular weight is 232 g/mol. The van der Waals surface area contributed by atoms with Gasteiger partial charge in [0.25, 0.3) is 0 Å². The molecule has 0 aromatic heterocycles. The molecular formula is C13H12O2S. The Kier molecular flexibility index (Phi) is 3.06. The topological polar surface area (TPSA) is 40.5 Å². The van der Waals surface area contributed by atoms with E-state index in [4.69, 9.17) is 0 Å². The summed E-state index contributed by atoms with van der Waals surface area (Å²) < 4.78 is 0. The van der Waals surface area contributed by atoms with Gasteiger partial charge in [0.05, 0.1) is 4.90 Å². The minimum atomic E-state index is 0.161. The largest absolute Gasteiger partial charge is 0.508 e. The van der Waals surface area contributed by atoms with Crippen molar-refractivity contribution in [2.45, 2.75) is 16.7 Å². The Morgan fingerprint density at radius 1 is 0.938 bits per heavy atom. The van der Waals surface area contributed by atoms with Gasteiger partial charge in [0.15, 0.2) is 0 Å². The van der Waals surface area contributed by atoms with Crippen molar-refractivity contribution in [2.75, 3.05) is 0 Å². The van der Waals surface area contributed by atoms with Crippen molar-refractivity contribution in [3.8, 4) is 11.5 Å². The second-order valence-electron chi connectivity index (χ2n) is 3.52. The Morgan fingerprint density at radius 3 is 2.44 bits per heavy atom. The van der Waals surface area contributed by atoms with Crippen LogP contribution in [0.4, 0.5) is 0 Å². The van der Waals surface area contributed by atoms with Crippen LogP contribution in [0.5, 0.6) is 11.5 Å². The lowest BCUT2D eigenvalue weighted by atomic mass is 10.2. The molecule has 2 rings (SSSR count). The number of rotatable bonds is 2. The van der Waals surface area contributed by atoms with Gasteiger partial charge in [-0.05, 0) is 36.8 Å². The molecule has 2 aromatic rings. The maximum Gasteiger partial charge on any atom is 0.129 e. The molecule has 0 amide bonds. The van der Waals surface area contributed by atoms with E-state index in [-0.39, 0.29) is 11.5 Å². The molecule has 0 aliphatic carbocycles. The number of hydrogen-bond acceptors (Lipinski definition) is 3. The Bertz CT molecular complexity index is 509. The van der Waals surface area contributed by atoms with Crippen molar-refractivity contribution in [1.29, 1.82) is 0 Å². The zero-order chi connectivity index (χ0) is 11.5. The molecule has 82 valence electrons. The Balaban J connectivity index is 2.34. The van der Waals surface area contributed by atoms with E-state index in [0.717, 1.165) is 10.5 Å². The lowest BCUT2D eigenvalue weighted by molar-refractivity contribution is 0.448. The van der Waals surface area contributed by atoms with E-state index in [1.54, 1.807) is 6.07 Å². The highest BCUT2D eigenvalue weighted by Crippen LogP contribution is 2.37. The maximum absolute atomic E-state index is 9.66. The molecule has 0 saturated carbocycles. The van der Waals surface area contributed by atoms with Crippen molar-refractivity contribution < 1.29 is 10.2 Å².